The van der Waals surface area contributed by atoms with E-state index in [0.717, 1.165) is 21.3 Å². The van der Waals surface area contributed by atoms with E-state index in [1.165, 1.54) is 18.9 Å². The molecule has 0 radical (unpaired) electrons. The second-order valence-electron chi connectivity index (χ2n) is 6.38. The van der Waals surface area contributed by atoms with Crippen LogP contribution in [0.2, 0.25) is 0 Å². The summed E-state index contributed by atoms with van der Waals surface area (Å²) in [6.45, 7) is -0.469. The molecular weight excluding hydrogens is 488 g/mol. The molecule has 0 saturated carbocycles. The van der Waals surface area contributed by atoms with Crippen LogP contribution >= 0.6 is 27.7 Å². The van der Waals surface area contributed by atoms with Gasteiger partial charge in [0.25, 0.3) is 0 Å². The Labute approximate surface area is 190 Å². The Bertz CT molecular complexity index is 1150. The summed E-state index contributed by atoms with van der Waals surface area (Å²) in [7, 11) is 1.48. The van der Waals surface area contributed by atoms with Gasteiger partial charge in [-0.05, 0) is 42.7 Å². The van der Waals surface area contributed by atoms with Crippen molar-refractivity contribution in [3.8, 4) is 28.6 Å². The molecule has 1 unspecified atom stereocenters. The van der Waals surface area contributed by atoms with Crippen LogP contribution in [0.5, 0.6) is 17.4 Å². The van der Waals surface area contributed by atoms with Crippen LogP contribution in [0.25, 0.3) is 11.3 Å². The zero-order valence-electron chi connectivity index (χ0n) is 16.5. The largest absolute Gasteiger partial charge is 0.493 e. The number of halogens is 1. The van der Waals surface area contributed by atoms with Gasteiger partial charge in [-0.15, -0.1) is 10.2 Å². The first-order valence-electron chi connectivity index (χ1n) is 9.03. The van der Waals surface area contributed by atoms with Gasteiger partial charge < -0.3 is 24.6 Å². The van der Waals surface area contributed by atoms with Gasteiger partial charge in [0, 0.05) is 21.3 Å². The molecule has 1 aliphatic rings. The number of ether oxygens (including phenoxy) is 3. The molecule has 160 valence electrons. The summed E-state index contributed by atoms with van der Waals surface area (Å²) in [6.07, 6.45) is 1.25. The van der Waals surface area contributed by atoms with Crippen molar-refractivity contribution in [3.05, 3.63) is 46.4 Å². The molecule has 2 aromatic carbocycles. The smallest absolute Gasteiger partial charge is 0.341 e. The van der Waals surface area contributed by atoms with Crippen LogP contribution < -0.4 is 19.5 Å². The molecule has 31 heavy (non-hydrogen) atoms. The Morgan fingerprint density at radius 2 is 2.10 bits per heavy atom. The van der Waals surface area contributed by atoms with Crippen molar-refractivity contribution in [3.63, 3.8) is 0 Å². The summed E-state index contributed by atoms with van der Waals surface area (Å²) in [6, 6.07) is 10.9. The van der Waals surface area contributed by atoms with Gasteiger partial charge >= 0.3 is 5.97 Å². The lowest BCUT2D eigenvalue weighted by Crippen LogP contribution is -2.17. The highest BCUT2D eigenvalue weighted by Crippen LogP contribution is 2.41. The fraction of sp³-hybridized carbons (Fsp3) is 0.200. The third-order valence-electron chi connectivity index (χ3n) is 4.41. The molecule has 3 aromatic rings. The van der Waals surface area contributed by atoms with Crippen LogP contribution in [0.15, 0.2) is 46.0 Å². The Kier molecular flexibility index (Phi) is 6.14. The number of hydrogen-bond donors (Lipinski definition) is 2. The second kappa shape index (κ2) is 8.98. The molecule has 1 atom stereocenters. The minimum atomic E-state index is -1.07. The van der Waals surface area contributed by atoms with E-state index in [2.05, 4.69) is 36.4 Å². The van der Waals surface area contributed by atoms with Crippen molar-refractivity contribution in [2.45, 2.75) is 11.4 Å². The maximum Gasteiger partial charge on any atom is 0.341 e. The molecule has 0 fully saturated rings. The number of methoxy groups -OCH3 is 1. The van der Waals surface area contributed by atoms with E-state index in [1.54, 1.807) is 18.2 Å². The highest BCUT2D eigenvalue weighted by atomic mass is 79.9. The fourth-order valence-corrected chi connectivity index (χ4v) is 3.67. The van der Waals surface area contributed by atoms with Crippen molar-refractivity contribution in [2.24, 2.45) is 0 Å². The van der Waals surface area contributed by atoms with Crippen molar-refractivity contribution in [1.29, 1.82) is 0 Å². The lowest BCUT2D eigenvalue weighted by atomic mass is 10.1. The number of hydrogen-bond acceptors (Lipinski definition) is 9. The molecule has 1 aromatic heterocycles. The van der Waals surface area contributed by atoms with Crippen LogP contribution in [-0.4, -0.2) is 46.2 Å². The van der Waals surface area contributed by atoms with E-state index in [-0.39, 0.29) is 0 Å². The number of aliphatic carboxylic acids is 1. The maximum absolute atomic E-state index is 10.8. The number of anilines is 1. The number of carbonyl (C=O) groups is 1. The third-order valence-corrected chi connectivity index (χ3v) is 5.44. The van der Waals surface area contributed by atoms with Gasteiger partial charge in [-0.25, -0.2) is 4.79 Å². The number of benzene rings is 2. The maximum atomic E-state index is 10.8. The number of nitrogens with one attached hydrogen (secondary N) is 1. The van der Waals surface area contributed by atoms with Gasteiger partial charge in [0.2, 0.25) is 11.0 Å². The summed E-state index contributed by atoms with van der Waals surface area (Å²) in [5, 5.41) is 21.2. The predicted octanol–water partition coefficient (Wildman–Crippen LogP) is 4.00. The molecule has 0 aliphatic carbocycles. The third kappa shape index (κ3) is 4.52. The summed E-state index contributed by atoms with van der Waals surface area (Å²) in [4.78, 5) is 15.3. The molecule has 0 saturated heterocycles. The monoisotopic (exact) mass is 504 g/mol. The van der Waals surface area contributed by atoms with E-state index < -0.39 is 18.8 Å². The quantitative estimate of drug-likeness (QED) is 0.477. The average molecular weight is 505 g/mol. The van der Waals surface area contributed by atoms with Crippen molar-refractivity contribution < 1.29 is 24.1 Å². The van der Waals surface area contributed by atoms with Gasteiger partial charge in [-0.2, -0.15) is 4.98 Å². The molecule has 2 heterocycles. The van der Waals surface area contributed by atoms with Crippen LogP contribution in [0.3, 0.4) is 0 Å². The zero-order chi connectivity index (χ0) is 22.0. The van der Waals surface area contributed by atoms with Gasteiger partial charge in [0.1, 0.15) is 0 Å². The van der Waals surface area contributed by atoms with Crippen LogP contribution in [-0.2, 0) is 4.79 Å². The number of carboxylic acids is 1. The first-order chi connectivity index (χ1) is 15.0. The lowest BCUT2D eigenvalue weighted by molar-refractivity contribution is -0.139. The highest BCUT2D eigenvalue weighted by Gasteiger charge is 2.27. The highest BCUT2D eigenvalue weighted by molar-refractivity contribution is 9.10. The summed E-state index contributed by atoms with van der Waals surface area (Å²) < 4.78 is 17.8. The summed E-state index contributed by atoms with van der Waals surface area (Å²) in [5.74, 6) is -0.0224. The molecule has 0 bridgehead atoms. The number of nitrogens with zero attached hydrogens (tertiary/aromatic N) is 3. The van der Waals surface area contributed by atoms with Crippen LogP contribution in [0, 0.1) is 0 Å². The van der Waals surface area contributed by atoms with Gasteiger partial charge in [-0.3, -0.25) is 0 Å². The Morgan fingerprint density at radius 3 is 2.84 bits per heavy atom. The molecular formula is C20H17BrN4O5S. The Balaban J connectivity index is 1.76. The zero-order valence-corrected chi connectivity index (χ0v) is 18.9. The number of aromatic nitrogens is 3. The van der Waals surface area contributed by atoms with Crippen molar-refractivity contribution >= 4 is 39.3 Å². The topological polar surface area (TPSA) is 116 Å². The van der Waals surface area contributed by atoms with Gasteiger partial charge in [0.05, 0.1) is 7.11 Å². The molecule has 0 spiro atoms. The van der Waals surface area contributed by atoms with Crippen molar-refractivity contribution in [1.82, 2.24) is 15.2 Å². The first kappa shape index (κ1) is 21.2. The van der Waals surface area contributed by atoms with Crippen LogP contribution in [0.4, 0.5) is 5.69 Å². The minimum absolute atomic E-state index is 0.320. The van der Waals surface area contributed by atoms with E-state index in [0.29, 0.717) is 28.2 Å². The van der Waals surface area contributed by atoms with E-state index in [9.17, 15) is 4.79 Å². The molecule has 4 rings (SSSR count). The number of fused-ring (bicyclic) bond motifs is 3. The fourth-order valence-electron chi connectivity index (χ4n) is 3.01. The number of rotatable bonds is 6. The van der Waals surface area contributed by atoms with E-state index in [4.69, 9.17) is 19.3 Å². The Hall–Kier alpha value is -3.05. The van der Waals surface area contributed by atoms with Gasteiger partial charge in [0.15, 0.2) is 30.0 Å². The molecule has 9 nitrogen and oxygen atoms in total. The number of carboxylic acid groups (broad SMARTS) is 1. The molecule has 11 heteroatoms. The minimum Gasteiger partial charge on any atom is -0.493 e. The second-order valence-corrected chi connectivity index (χ2v) is 8.07. The van der Waals surface area contributed by atoms with Gasteiger partial charge in [-0.1, -0.05) is 27.7 Å². The predicted molar refractivity (Wildman–Crippen MR) is 118 cm³/mol. The van der Waals surface area contributed by atoms with E-state index >= 15 is 0 Å². The molecule has 2 N–H and O–H groups in total. The summed E-state index contributed by atoms with van der Waals surface area (Å²) >= 11 is 4.86. The van der Waals surface area contributed by atoms with Crippen LogP contribution in [0.1, 0.15) is 11.8 Å². The Morgan fingerprint density at radius 1 is 1.26 bits per heavy atom. The molecule has 0 amide bonds. The normalized spacial score (nSPS) is 14.4. The first-order valence-corrected chi connectivity index (χ1v) is 11.0. The number of thioether (sulfide) groups is 1. The standard InChI is InChI=1S/C20H17BrN4O5S/c1-28-15-7-10(3-6-14(15)29-9-16(26)27)18-22-13-5-4-11(21)8-12(13)17-19(30-18)23-20(31-2)25-24-17/h3-8,18,22H,9H2,1-2H3,(H,26,27). The lowest BCUT2D eigenvalue weighted by Gasteiger charge is -2.20. The summed E-state index contributed by atoms with van der Waals surface area (Å²) in [5.41, 5.74) is 2.85. The van der Waals surface area contributed by atoms with Crippen molar-refractivity contribution in [2.75, 3.05) is 25.3 Å². The van der Waals surface area contributed by atoms with E-state index in [1.807, 2.05) is 24.5 Å². The average Bonchev–Trinajstić information content (AvgIpc) is 2.93. The SMILES string of the molecule is COc1cc(C2Nc3ccc(Br)cc3-c3nnc(SC)nc3O2)ccc1OCC(=O)O. The molecule has 1 aliphatic heterocycles.